The van der Waals surface area contributed by atoms with Crippen molar-refractivity contribution in [2.24, 2.45) is 5.73 Å². The minimum Gasteiger partial charge on any atom is -0.389 e. The van der Waals surface area contributed by atoms with Gasteiger partial charge in [0, 0.05) is 25.3 Å². The van der Waals surface area contributed by atoms with Crippen LogP contribution in [0.2, 0.25) is 0 Å². The van der Waals surface area contributed by atoms with Crippen LogP contribution >= 0.6 is 0 Å². The van der Waals surface area contributed by atoms with Crippen LogP contribution in [0.1, 0.15) is 31.7 Å². The lowest BCUT2D eigenvalue weighted by Gasteiger charge is -2.32. The van der Waals surface area contributed by atoms with Crippen molar-refractivity contribution in [2.45, 2.75) is 38.2 Å². The third-order valence-electron chi connectivity index (χ3n) is 3.79. The van der Waals surface area contributed by atoms with E-state index in [0.717, 1.165) is 25.9 Å². The molecular weight excluding hydrogens is 224 g/mol. The predicted molar refractivity (Wildman–Crippen MR) is 75.9 cm³/mol. The molecule has 0 amide bonds. The molecule has 1 aliphatic rings. The summed E-state index contributed by atoms with van der Waals surface area (Å²) in [5, 5.41) is 9.90. The number of benzene rings is 1. The van der Waals surface area contributed by atoms with Crippen molar-refractivity contribution in [3.63, 3.8) is 0 Å². The molecular formula is C15H24N2O. The van der Waals surface area contributed by atoms with Crippen LogP contribution in [0.5, 0.6) is 0 Å². The maximum atomic E-state index is 9.90. The Hall–Kier alpha value is -1.06. The summed E-state index contributed by atoms with van der Waals surface area (Å²) in [4.78, 5) is 2.44. The summed E-state index contributed by atoms with van der Waals surface area (Å²) in [7, 11) is 0. The maximum absolute atomic E-state index is 9.90. The van der Waals surface area contributed by atoms with Crippen molar-refractivity contribution in [3.8, 4) is 0 Å². The fourth-order valence-electron chi connectivity index (χ4n) is 2.60. The molecule has 3 heteroatoms. The molecule has 0 spiro atoms. The minimum absolute atomic E-state index is 0.337. The minimum atomic E-state index is -0.713. The molecule has 0 fully saturated rings. The van der Waals surface area contributed by atoms with E-state index in [2.05, 4.69) is 29.2 Å². The second-order valence-electron chi connectivity index (χ2n) is 5.52. The molecule has 0 saturated carbocycles. The second kappa shape index (κ2) is 5.72. The molecule has 3 nitrogen and oxygen atoms in total. The zero-order valence-electron chi connectivity index (χ0n) is 11.2. The van der Waals surface area contributed by atoms with Crippen LogP contribution in [0.25, 0.3) is 0 Å². The Bertz CT molecular complexity index is 390. The van der Waals surface area contributed by atoms with E-state index < -0.39 is 5.60 Å². The summed E-state index contributed by atoms with van der Waals surface area (Å²) in [5.41, 5.74) is 7.65. The lowest BCUT2D eigenvalue weighted by Crippen LogP contribution is -2.36. The van der Waals surface area contributed by atoms with Gasteiger partial charge in [0.25, 0.3) is 0 Å². The number of aliphatic hydroxyl groups is 1. The van der Waals surface area contributed by atoms with Gasteiger partial charge < -0.3 is 15.7 Å². The summed E-state index contributed by atoms with van der Waals surface area (Å²) >= 11 is 0. The Morgan fingerprint density at radius 2 is 2.17 bits per heavy atom. The topological polar surface area (TPSA) is 49.5 Å². The third kappa shape index (κ3) is 3.24. The fourth-order valence-corrected chi connectivity index (χ4v) is 2.60. The highest BCUT2D eigenvalue weighted by Gasteiger charge is 2.20. The van der Waals surface area contributed by atoms with Crippen molar-refractivity contribution >= 4 is 5.69 Å². The Labute approximate surface area is 110 Å². The molecule has 3 N–H and O–H groups in total. The summed E-state index contributed by atoms with van der Waals surface area (Å²) in [6.45, 7) is 4.29. The standard InChI is InChI=1S/C15H24N2O/c1-15(18,12-16)9-5-11-17-10-4-7-13-6-2-3-8-14(13)17/h2-3,6,8,18H,4-5,7,9-12,16H2,1H3. The molecule has 1 aromatic carbocycles. The summed E-state index contributed by atoms with van der Waals surface area (Å²) in [5.74, 6) is 0. The van der Waals surface area contributed by atoms with E-state index in [-0.39, 0.29) is 0 Å². The molecule has 1 heterocycles. The number of para-hydroxylation sites is 1. The highest BCUT2D eigenvalue weighted by atomic mass is 16.3. The summed E-state index contributed by atoms with van der Waals surface area (Å²) in [6, 6.07) is 8.64. The SMILES string of the molecule is CC(O)(CN)CCCN1CCCc2ccccc21. The van der Waals surface area contributed by atoms with Gasteiger partial charge in [-0.05, 0) is 44.2 Å². The van der Waals surface area contributed by atoms with Crippen LogP contribution in [0.4, 0.5) is 5.69 Å². The lowest BCUT2D eigenvalue weighted by atomic mass is 9.98. The first-order chi connectivity index (χ1) is 8.62. The zero-order valence-corrected chi connectivity index (χ0v) is 11.2. The average molecular weight is 248 g/mol. The molecule has 1 aromatic rings. The Kier molecular flexibility index (Phi) is 4.25. The van der Waals surface area contributed by atoms with Gasteiger partial charge in [-0.15, -0.1) is 0 Å². The molecule has 18 heavy (non-hydrogen) atoms. The van der Waals surface area contributed by atoms with E-state index in [0.29, 0.717) is 6.54 Å². The van der Waals surface area contributed by atoms with Crippen molar-refractivity contribution in [2.75, 3.05) is 24.5 Å². The zero-order chi connectivity index (χ0) is 13.0. The Balaban J connectivity index is 1.92. The number of hydrogen-bond acceptors (Lipinski definition) is 3. The van der Waals surface area contributed by atoms with Gasteiger partial charge in [-0.2, -0.15) is 0 Å². The number of hydrogen-bond donors (Lipinski definition) is 2. The molecule has 1 atom stereocenters. The van der Waals surface area contributed by atoms with Crippen LogP contribution in [-0.2, 0) is 6.42 Å². The summed E-state index contributed by atoms with van der Waals surface area (Å²) < 4.78 is 0. The third-order valence-corrected chi connectivity index (χ3v) is 3.79. The number of nitrogens with two attached hydrogens (primary N) is 1. The van der Waals surface area contributed by atoms with Crippen molar-refractivity contribution < 1.29 is 5.11 Å². The van der Waals surface area contributed by atoms with Gasteiger partial charge in [-0.25, -0.2) is 0 Å². The first-order valence-corrected chi connectivity index (χ1v) is 6.88. The molecule has 2 rings (SSSR count). The van der Waals surface area contributed by atoms with Crippen molar-refractivity contribution in [1.82, 2.24) is 0 Å². The lowest BCUT2D eigenvalue weighted by molar-refractivity contribution is 0.0584. The van der Waals surface area contributed by atoms with Crippen LogP contribution in [0.15, 0.2) is 24.3 Å². The quantitative estimate of drug-likeness (QED) is 0.837. The van der Waals surface area contributed by atoms with E-state index in [1.807, 2.05) is 6.92 Å². The van der Waals surface area contributed by atoms with E-state index in [1.165, 1.54) is 24.1 Å². The van der Waals surface area contributed by atoms with E-state index in [4.69, 9.17) is 5.73 Å². The van der Waals surface area contributed by atoms with Gasteiger partial charge in [0.05, 0.1) is 5.60 Å². The highest BCUT2D eigenvalue weighted by Crippen LogP contribution is 2.27. The average Bonchev–Trinajstić information content (AvgIpc) is 2.39. The van der Waals surface area contributed by atoms with Gasteiger partial charge >= 0.3 is 0 Å². The van der Waals surface area contributed by atoms with Gasteiger partial charge in [0.2, 0.25) is 0 Å². The highest BCUT2D eigenvalue weighted by molar-refractivity contribution is 5.55. The predicted octanol–water partition coefficient (Wildman–Crippen LogP) is 1.93. The number of rotatable bonds is 5. The normalized spacial score (nSPS) is 18.3. The van der Waals surface area contributed by atoms with Gasteiger partial charge in [-0.1, -0.05) is 18.2 Å². The smallest absolute Gasteiger partial charge is 0.0742 e. The first kappa shape index (κ1) is 13.4. The van der Waals surface area contributed by atoms with Crippen LogP contribution in [-0.4, -0.2) is 30.3 Å². The molecule has 0 bridgehead atoms. The molecule has 1 unspecified atom stereocenters. The molecule has 0 radical (unpaired) electrons. The fraction of sp³-hybridized carbons (Fsp3) is 0.600. The van der Waals surface area contributed by atoms with Crippen molar-refractivity contribution in [1.29, 1.82) is 0 Å². The first-order valence-electron chi connectivity index (χ1n) is 6.88. The van der Waals surface area contributed by atoms with Crippen LogP contribution in [0.3, 0.4) is 0 Å². The Morgan fingerprint density at radius 1 is 1.39 bits per heavy atom. The maximum Gasteiger partial charge on any atom is 0.0742 e. The van der Waals surface area contributed by atoms with Gasteiger partial charge in [0.15, 0.2) is 0 Å². The number of aryl methyl sites for hydroxylation is 1. The molecule has 0 aromatic heterocycles. The molecule has 0 saturated heterocycles. The number of nitrogens with zero attached hydrogens (tertiary/aromatic N) is 1. The van der Waals surface area contributed by atoms with Gasteiger partial charge in [-0.3, -0.25) is 0 Å². The number of anilines is 1. The van der Waals surface area contributed by atoms with E-state index >= 15 is 0 Å². The molecule has 100 valence electrons. The van der Waals surface area contributed by atoms with E-state index in [1.54, 1.807) is 0 Å². The molecule has 0 aliphatic carbocycles. The van der Waals surface area contributed by atoms with E-state index in [9.17, 15) is 5.11 Å². The van der Waals surface area contributed by atoms with Gasteiger partial charge in [0.1, 0.15) is 0 Å². The van der Waals surface area contributed by atoms with Crippen LogP contribution < -0.4 is 10.6 Å². The van der Waals surface area contributed by atoms with Crippen molar-refractivity contribution in [3.05, 3.63) is 29.8 Å². The Morgan fingerprint density at radius 3 is 2.94 bits per heavy atom. The monoisotopic (exact) mass is 248 g/mol. The van der Waals surface area contributed by atoms with Crippen LogP contribution in [0, 0.1) is 0 Å². The largest absolute Gasteiger partial charge is 0.389 e. The summed E-state index contributed by atoms with van der Waals surface area (Å²) in [6.07, 6.45) is 4.16. The molecule has 1 aliphatic heterocycles. The number of fused-ring (bicyclic) bond motifs is 1. The second-order valence-corrected chi connectivity index (χ2v) is 5.52.